The number of carbonyl (C=O) groups is 1. The van der Waals surface area contributed by atoms with E-state index in [1.165, 1.54) is 22.2 Å². The first-order chi connectivity index (χ1) is 9.61. The van der Waals surface area contributed by atoms with Crippen molar-refractivity contribution in [2.24, 2.45) is 0 Å². The van der Waals surface area contributed by atoms with Crippen molar-refractivity contribution in [1.29, 1.82) is 0 Å². The molecule has 1 saturated heterocycles. The summed E-state index contributed by atoms with van der Waals surface area (Å²) in [7, 11) is 1.72. The molecule has 5 heteroatoms. The van der Waals surface area contributed by atoms with Crippen LogP contribution in [0.4, 0.5) is 0 Å². The van der Waals surface area contributed by atoms with Crippen LogP contribution in [0, 0.1) is 0 Å². The van der Waals surface area contributed by atoms with Gasteiger partial charge in [0.05, 0.1) is 4.91 Å². The number of hydrogen-bond acceptors (Lipinski definition) is 3. The maximum atomic E-state index is 12.1. The lowest BCUT2D eigenvalue weighted by Gasteiger charge is -2.03. The Morgan fingerprint density at radius 2 is 2.10 bits per heavy atom. The lowest BCUT2D eigenvalue weighted by Crippen LogP contribution is -2.22. The van der Waals surface area contributed by atoms with Crippen LogP contribution in [0.5, 0.6) is 0 Å². The maximum Gasteiger partial charge on any atom is 0.265 e. The summed E-state index contributed by atoms with van der Waals surface area (Å²) >= 11 is 6.52. The molecule has 1 aromatic carbocycles. The molecular formula is C15H14N2OS2. The Kier molecular flexibility index (Phi) is 3.40. The smallest absolute Gasteiger partial charge is 0.265 e. The molecule has 3 rings (SSSR count). The molecule has 2 aromatic rings. The highest BCUT2D eigenvalue weighted by Gasteiger charge is 2.28. The first kappa shape index (κ1) is 13.4. The molecule has 102 valence electrons. The van der Waals surface area contributed by atoms with E-state index >= 15 is 0 Å². The van der Waals surface area contributed by atoms with Crippen LogP contribution in [0.25, 0.3) is 17.0 Å². The van der Waals surface area contributed by atoms with Gasteiger partial charge in [0.15, 0.2) is 0 Å². The first-order valence-electron chi connectivity index (χ1n) is 6.41. The Bertz CT molecular complexity index is 745. The summed E-state index contributed by atoms with van der Waals surface area (Å²) in [4.78, 5) is 14.3. The molecule has 2 heterocycles. The summed E-state index contributed by atoms with van der Waals surface area (Å²) in [6.45, 7) is 3.02. The normalized spacial score (nSPS) is 17.7. The van der Waals surface area contributed by atoms with Crippen LogP contribution < -0.4 is 0 Å². The van der Waals surface area contributed by atoms with Crippen LogP contribution in [0.3, 0.4) is 0 Å². The summed E-state index contributed by atoms with van der Waals surface area (Å²) in [5.74, 6) is -0.0201. The zero-order valence-electron chi connectivity index (χ0n) is 11.3. The number of benzene rings is 1. The van der Waals surface area contributed by atoms with Gasteiger partial charge >= 0.3 is 0 Å². The Hall–Kier alpha value is -1.59. The zero-order chi connectivity index (χ0) is 14.3. The lowest BCUT2D eigenvalue weighted by molar-refractivity contribution is -0.121. The van der Waals surface area contributed by atoms with Gasteiger partial charge < -0.3 is 4.57 Å². The molecule has 0 N–H and O–H groups in total. The quantitative estimate of drug-likeness (QED) is 0.627. The van der Waals surface area contributed by atoms with Gasteiger partial charge in [0.25, 0.3) is 5.91 Å². The minimum absolute atomic E-state index is 0.0201. The number of fused-ring (bicyclic) bond motifs is 1. The van der Waals surface area contributed by atoms with E-state index < -0.39 is 0 Å². The van der Waals surface area contributed by atoms with Crippen molar-refractivity contribution in [3.63, 3.8) is 0 Å². The zero-order valence-corrected chi connectivity index (χ0v) is 12.9. The largest absolute Gasteiger partial charge is 0.347 e. The molecule has 0 saturated carbocycles. The number of thioether (sulfide) groups is 1. The monoisotopic (exact) mass is 302 g/mol. The van der Waals surface area contributed by atoms with Gasteiger partial charge in [-0.1, -0.05) is 42.2 Å². The van der Waals surface area contributed by atoms with Crippen LogP contribution in [0.2, 0.25) is 0 Å². The minimum Gasteiger partial charge on any atom is -0.347 e. The van der Waals surface area contributed by atoms with Gasteiger partial charge in [-0.05, 0) is 19.1 Å². The number of hydrogen-bond donors (Lipinski definition) is 0. The highest BCUT2D eigenvalue weighted by molar-refractivity contribution is 8.26. The fraction of sp³-hybridized carbons (Fsp3) is 0.200. The molecular weight excluding hydrogens is 288 g/mol. The number of rotatable bonds is 2. The summed E-state index contributed by atoms with van der Waals surface area (Å²) in [6.07, 6.45) is 4.03. The molecule has 3 nitrogen and oxygen atoms in total. The summed E-state index contributed by atoms with van der Waals surface area (Å²) in [6, 6.07) is 8.23. The molecule has 1 aliphatic heterocycles. The van der Waals surface area contributed by atoms with Gasteiger partial charge in [-0.3, -0.25) is 9.69 Å². The van der Waals surface area contributed by atoms with Crippen molar-refractivity contribution >= 4 is 51.2 Å². The Morgan fingerprint density at radius 1 is 1.35 bits per heavy atom. The van der Waals surface area contributed by atoms with Crippen LogP contribution in [-0.4, -0.2) is 26.7 Å². The van der Waals surface area contributed by atoms with Crippen molar-refractivity contribution in [3.05, 3.63) is 40.9 Å². The van der Waals surface area contributed by atoms with Crippen LogP contribution in [0.1, 0.15) is 12.5 Å². The van der Waals surface area contributed by atoms with E-state index in [9.17, 15) is 4.79 Å². The summed E-state index contributed by atoms with van der Waals surface area (Å²) in [5, 5.41) is 1.16. The summed E-state index contributed by atoms with van der Waals surface area (Å²) in [5.41, 5.74) is 2.25. The maximum absolute atomic E-state index is 12.1. The van der Waals surface area contributed by atoms with Crippen molar-refractivity contribution in [3.8, 4) is 0 Å². The van der Waals surface area contributed by atoms with Crippen LogP contribution >= 0.6 is 24.0 Å². The lowest BCUT2D eigenvalue weighted by atomic mass is 10.1. The van der Waals surface area contributed by atoms with Crippen molar-refractivity contribution in [2.45, 2.75) is 13.5 Å². The number of likely N-dealkylation sites (N-methyl/N-ethyl adjacent to an activating group) is 1. The standard InChI is InChI=1S/C15H14N2OS2/c1-3-17-9-10(11-6-4-5-7-12(11)17)8-13-14(18)16(2)15(19)20-13/h4-9H,3H2,1-2H3/b13-8-. The molecule has 0 spiro atoms. The molecule has 1 fully saturated rings. The molecule has 0 radical (unpaired) electrons. The Balaban J connectivity index is 2.12. The van der Waals surface area contributed by atoms with Gasteiger partial charge in [0, 0.05) is 36.3 Å². The van der Waals surface area contributed by atoms with E-state index in [2.05, 4.69) is 29.8 Å². The number of amides is 1. The predicted octanol–water partition coefficient (Wildman–Crippen LogP) is 3.49. The van der Waals surface area contributed by atoms with E-state index in [4.69, 9.17) is 12.2 Å². The molecule has 20 heavy (non-hydrogen) atoms. The fourth-order valence-electron chi connectivity index (χ4n) is 2.34. The number of nitrogens with zero attached hydrogens (tertiary/aromatic N) is 2. The van der Waals surface area contributed by atoms with Gasteiger partial charge in [-0.2, -0.15) is 0 Å². The minimum atomic E-state index is -0.0201. The molecule has 1 amide bonds. The second kappa shape index (κ2) is 5.07. The van der Waals surface area contributed by atoms with Crippen molar-refractivity contribution < 1.29 is 4.79 Å². The van der Waals surface area contributed by atoms with E-state index in [1.54, 1.807) is 7.05 Å². The number of aromatic nitrogens is 1. The van der Waals surface area contributed by atoms with E-state index in [-0.39, 0.29) is 5.91 Å². The topological polar surface area (TPSA) is 25.2 Å². The second-order valence-electron chi connectivity index (χ2n) is 4.63. The number of aryl methyl sites for hydroxylation is 1. The molecule has 0 aliphatic carbocycles. The van der Waals surface area contributed by atoms with Crippen LogP contribution in [0.15, 0.2) is 35.4 Å². The van der Waals surface area contributed by atoms with Crippen LogP contribution in [-0.2, 0) is 11.3 Å². The van der Waals surface area contributed by atoms with Gasteiger partial charge in [0.1, 0.15) is 4.32 Å². The number of para-hydroxylation sites is 1. The second-order valence-corrected chi connectivity index (χ2v) is 6.30. The van der Waals surface area contributed by atoms with Gasteiger partial charge in [0.2, 0.25) is 0 Å². The van der Waals surface area contributed by atoms with Crippen molar-refractivity contribution in [1.82, 2.24) is 9.47 Å². The number of thiocarbonyl (C=S) groups is 1. The van der Waals surface area contributed by atoms with Gasteiger partial charge in [-0.25, -0.2) is 0 Å². The molecule has 0 bridgehead atoms. The highest BCUT2D eigenvalue weighted by atomic mass is 32.2. The third-order valence-electron chi connectivity index (χ3n) is 3.43. The third kappa shape index (κ3) is 2.07. The van der Waals surface area contributed by atoms with E-state index in [1.807, 2.05) is 18.2 Å². The number of carbonyl (C=O) groups excluding carboxylic acids is 1. The molecule has 0 unspecified atom stereocenters. The summed E-state index contributed by atoms with van der Waals surface area (Å²) < 4.78 is 2.80. The average molecular weight is 302 g/mol. The van der Waals surface area contributed by atoms with E-state index in [0.29, 0.717) is 9.23 Å². The fourth-order valence-corrected chi connectivity index (χ4v) is 3.51. The van der Waals surface area contributed by atoms with Crippen molar-refractivity contribution in [2.75, 3.05) is 7.05 Å². The van der Waals surface area contributed by atoms with Gasteiger partial charge in [-0.15, -0.1) is 0 Å². The first-order valence-corrected chi connectivity index (χ1v) is 7.63. The third-order valence-corrected chi connectivity index (χ3v) is 4.92. The predicted molar refractivity (Wildman–Crippen MR) is 88.5 cm³/mol. The highest BCUT2D eigenvalue weighted by Crippen LogP contribution is 2.33. The SMILES string of the molecule is CCn1cc(/C=C2\SC(=S)N(C)C2=O)c2ccccc21. The molecule has 1 aliphatic rings. The van der Waals surface area contributed by atoms with E-state index in [0.717, 1.165) is 17.5 Å². The average Bonchev–Trinajstić information content (AvgIpc) is 2.93. The molecule has 1 aromatic heterocycles. The Labute approximate surface area is 127 Å². The molecule has 0 atom stereocenters. The Morgan fingerprint density at radius 3 is 2.75 bits per heavy atom.